The molecule has 7 nitrogen and oxygen atoms in total. The molecule has 0 radical (unpaired) electrons. The van der Waals surface area contributed by atoms with E-state index >= 15 is 0 Å². The van der Waals surface area contributed by atoms with E-state index in [0.717, 1.165) is 37.9 Å². The molecule has 7 heteroatoms. The molecule has 27 heavy (non-hydrogen) atoms. The summed E-state index contributed by atoms with van der Waals surface area (Å²) in [6.45, 7) is 2.68. The van der Waals surface area contributed by atoms with Crippen molar-refractivity contribution in [3.05, 3.63) is 36.0 Å². The number of rotatable bonds is 12. The molecule has 0 unspecified atom stereocenters. The van der Waals surface area contributed by atoms with Crippen LogP contribution in [-0.2, 0) is 6.42 Å². The van der Waals surface area contributed by atoms with Crippen molar-refractivity contribution in [1.82, 2.24) is 9.97 Å². The first-order chi connectivity index (χ1) is 13.2. The molecule has 0 aliphatic carbocycles. The van der Waals surface area contributed by atoms with Crippen molar-refractivity contribution in [3.63, 3.8) is 0 Å². The Morgan fingerprint density at radius 3 is 2.67 bits per heavy atom. The Hall–Kier alpha value is -2.54. The first-order valence-corrected chi connectivity index (χ1v) is 9.41. The van der Waals surface area contributed by atoms with Gasteiger partial charge in [0.25, 0.3) is 0 Å². The predicted molar refractivity (Wildman–Crippen MR) is 107 cm³/mol. The summed E-state index contributed by atoms with van der Waals surface area (Å²) in [6, 6.07) is 7.94. The van der Waals surface area contributed by atoms with Crippen LogP contribution in [0, 0.1) is 0 Å². The molecule has 0 fully saturated rings. The molecular weight excluding hydrogens is 344 g/mol. The second kappa shape index (κ2) is 11.2. The molecule has 0 saturated carbocycles. The van der Waals surface area contributed by atoms with E-state index < -0.39 is 0 Å². The Kier molecular flexibility index (Phi) is 8.64. The quantitative estimate of drug-likeness (QED) is 0.491. The second-order valence-electron chi connectivity index (χ2n) is 6.41. The number of aliphatic hydroxyl groups excluding tert-OH is 1. The van der Waals surface area contributed by atoms with Gasteiger partial charge in [0.05, 0.1) is 32.6 Å². The fourth-order valence-corrected chi connectivity index (χ4v) is 2.70. The fourth-order valence-electron chi connectivity index (χ4n) is 2.70. The van der Waals surface area contributed by atoms with E-state index in [1.807, 2.05) is 12.1 Å². The number of aryl methyl sites for hydroxylation is 1. The minimum atomic E-state index is -0.0825. The van der Waals surface area contributed by atoms with E-state index in [-0.39, 0.29) is 18.6 Å². The van der Waals surface area contributed by atoms with Gasteiger partial charge in [-0.25, -0.2) is 4.98 Å². The normalized spacial score (nSPS) is 11.8. The number of unbranched alkanes of at least 4 members (excludes halogenated alkanes) is 1. The number of nitrogens with two attached hydrogens (primary N) is 1. The van der Waals surface area contributed by atoms with Gasteiger partial charge in [-0.2, -0.15) is 4.98 Å². The summed E-state index contributed by atoms with van der Waals surface area (Å²) in [5.41, 5.74) is 6.94. The van der Waals surface area contributed by atoms with Crippen LogP contribution in [-0.4, -0.2) is 41.4 Å². The van der Waals surface area contributed by atoms with Gasteiger partial charge < -0.3 is 25.6 Å². The highest BCUT2D eigenvalue weighted by molar-refractivity contribution is 5.51. The molecular formula is C20H30N4O3. The van der Waals surface area contributed by atoms with Gasteiger partial charge in [-0.15, -0.1) is 0 Å². The Labute approximate surface area is 160 Å². The molecule has 1 atom stereocenters. The summed E-state index contributed by atoms with van der Waals surface area (Å²) in [5.74, 6) is 2.11. The number of hydrogen-bond donors (Lipinski definition) is 3. The molecule has 0 aliphatic rings. The number of benzene rings is 1. The van der Waals surface area contributed by atoms with Crippen LogP contribution in [0.1, 0.15) is 38.2 Å². The summed E-state index contributed by atoms with van der Waals surface area (Å²) in [4.78, 5) is 8.25. The molecule has 0 saturated heterocycles. The average Bonchev–Trinajstić information content (AvgIpc) is 2.70. The van der Waals surface area contributed by atoms with Crippen LogP contribution in [0.5, 0.6) is 11.5 Å². The summed E-state index contributed by atoms with van der Waals surface area (Å²) >= 11 is 0. The Morgan fingerprint density at radius 2 is 2.00 bits per heavy atom. The largest absolute Gasteiger partial charge is 0.497 e. The summed E-state index contributed by atoms with van der Waals surface area (Å²) < 4.78 is 11.0. The third-order valence-corrected chi connectivity index (χ3v) is 4.27. The number of nitrogens with one attached hydrogen (secondary N) is 1. The second-order valence-corrected chi connectivity index (χ2v) is 6.41. The van der Waals surface area contributed by atoms with Gasteiger partial charge in [-0.05, 0) is 37.0 Å². The highest BCUT2D eigenvalue weighted by Crippen LogP contribution is 2.23. The van der Waals surface area contributed by atoms with Crippen LogP contribution in [0.3, 0.4) is 0 Å². The number of methoxy groups -OCH3 is 1. The smallest absolute Gasteiger partial charge is 0.222 e. The van der Waals surface area contributed by atoms with Gasteiger partial charge in [-0.3, -0.25) is 0 Å². The standard InChI is InChI=1S/C20H30N4O3/c1-3-4-7-16(14-25)23-19-18(13-22-20(21)24-19)27-12-5-6-15-8-10-17(26-2)11-9-15/h8-11,13,16,25H,3-7,12,14H2,1-2H3,(H3,21,22,23,24)/t16-/m1/s1. The predicted octanol–water partition coefficient (Wildman–Crippen LogP) is 3.04. The number of nitrogens with zero attached hydrogens (tertiary/aromatic N) is 2. The van der Waals surface area contributed by atoms with E-state index in [1.54, 1.807) is 13.3 Å². The van der Waals surface area contributed by atoms with Gasteiger partial charge in [0.2, 0.25) is 5.95 Å². The van der Waals surface area contributed by atoms with Crippen molar-refractivity contribution in [2.45, 2.75) is 45.1 Å². The van der Waals surface area contributed by atoms with Gasteiger partial charge in [-0.1, -0.05) is 31.9 Å². The monoisotopic (exact) mass is 374 g/mol. The highest BCUT2D eigenvalue weighted by Gasteiger charge is 2.13. The number of hydrogen-bond acceptors (Lipinski definition) is 7. The van der Waals surface area contributed by atoms with Crippen LogP contribution in [0.2, 0.25) is 0 Å². The summed E-state index contributed by atoms with van der Waals surface area (Å²) in [7, 11) is 1.66. The van der Waals surface area contributed by atoms with Gasteiger partial charge >= 0.3 is 0 Å². The third-order valence-electron chi connectivity index (χ3n) is 4.27. The minimum absolute atomic E-state index is 0.0286. The van der Waals surface area contributed by atoms with E-state index in [2.05, 4.69) is 34.3 Å². The molecule has 0 spiro atoms. The Balaban J connectivity index is 1.89. The van der Waals surface area contributed by atoms with E-state index in [4.69, 9.17) is 15.2 Å². The fraction of sp³-hybridized carbons (Fsp3) is 0.500. The number of aliphatic hydroxyl groups is 1. The minimum Gasteiger partial charge on any atom is -0.497 e. The SMILES string of the molecule is CCCC[C@H](CO)Nc1nc(N)ncc1OCCCc1ccc(OC)cc1. The van der Waals surface area contributed by atoms with Crippen molar-refractivity contribution in [2.24, 2.45) is 0 Å². The van der Waals surface area contributed by atoms with Crippen LogP contribution in [0.25, 0.3) is 0 Å². The maximum Gasteiger partial charge on any atom is 0.222 e. The lowest BCUT2D eigenvalue weighted by Gasteiger charge is -2.19. The molecule has 148 valence electrons. The molecule has 2 aromatic rings. The molecule has 0 bridgehead atoms. The van der Waals surface area contributed by atoms with Crippen molar-refractivity contribution in [1.29, 1.82) is 0 Å². The van der Waals surface area contributed by atoms with Gasteiger partial charge in [0, 0.05) is 0 Å². The first kappa shape index (κ1) is 20.8. The van der Waals surface area contributed by atoms with Crippen LogP contribution in [0.15, 0.2) is 30.5 Å². The molecule has 0 aliphatic heterocycles. The third kappa shape index (κ3) is 6.94. The van der Waals surface area contributed by atoms with Crippen LogP contribution in [0.4, 0.5) is 11.8 Å². The average molecular weight is 374 g/mol. The molecule has 0 amide bonds. The van der Waals surface area contributed by atoms with Crippen LogP contribution >= 0.6 is 0 Å². The van der Waals surface area contributed by atoms with Gasteiger partial charge in [0.1, 0.15) is 5.75 Å². The maximum absolute atomic E-state index is 9.56. The molecule has 1 aromatic carbocycles. The zero-order chi connectivity index (χ0) is 19.5. The lowest BCUT2D eigenvalue weighted by atomic mass is 10.1. The van der Waals surface area contributed by atoms with Crippen molar-refractivity contribution in [3.8, 4) is 11.5 Å². The van der Waals surface area contributed by atoms with Crippen molar-refractivity contribution in [2.75, 3.05) is 31.4 Å². The summed E-state index contributed by atoms with van der Waals surface area (Å²) in [6.07, 6.45) is 6.28. The van der Waals surface area contributed by atoms with E-state index in [0.29, 0.717) is 18.2 Å². The Morgan fingerprint density at radius 1 is 1.22 bits per heavy atom. The van der Waals surface area contributed by atoms with Crippen molar-refractivity contribution >= 4 is 11.8 Å². The first-order valence-electron chi connectivity index (χ1n) is 9.41. The lowest BCUT2D eigenvalue weighted by Crippen LogP contribution is -2.25. The molecule has 2 rings (SSSR count). The maximum atomic E-state index is 9.56. The van der Waals surface area contributed by atoms with E-state index in [1.165, 1.54) is 5.56 Å². The van der Waals surface area contributed by atoms with Crippen molar-refractivity contribution < 1.29 is 14.6 Å². The number of anilines is 2. The van der Waals surface area contributed by atoms with Crippen LogP contribution < -0.4 is 20.5 Å². The number of ether oxygens (including phenoxy) is 2. The number of nitrogen functional groups attached to an aromatic ring is 1. The molecule has 1 heterocycles. The number of aromatic nitrogens is 2. The van der Waals surface area contributed by atoms with Gasteiger partial charge in [0.15, 0.2) is 11.6 Å². The molecule has 1 aromatic heterocycles. The zero-order valence-corrected chi connectivity index (χ0v) is 16.1. The van der Waals surface area contributed by atoms with E-state index in [9.17, 15) is 5.11 Å². The summed E-state index contributed by atoms with van der Waals surface area (Å²) in [5, 5.41) is 12.8. The lowest BCUT2D eigenvalue weighted by molar-refractivity contribution is 0.265. The topological polar surface area (TPSA) is 103 Å². The Bertz CT molecular complexity index is 679. The zero-order valence-electron chi connectivity index (χ0n) is 16.1. The molecule has 4 N–H and O–H groups in total. The highest BCUT2D eigenvalue weighted by atomic mass is 16.5.